The maximum Gasteiger partial charge on any atom is 0.147 e. The third-order valence-corrected chi connectivity index (χ3v) is 3.20. The van der Waals surface area contributed by atoms with Crippen molar-refractivity contribution >= 4 is 22.5 Å². The fourth-order valence-corrected chi connectivity index (χ4v) is 2.23. The number of ether oxygens (including phenoxy) is 2. The Morgan fingerprint density at radius 2 is 2.00 bits per heavy atom. The molecule has 0 unspecified atom stereocenters. The summed E-state index contributed by atoms with van der Waals surface area (Å²) in [6, 6.07) is 3.65. The summed E-state index contributed by atoms with van der Waals surface area (Å²) in [5, 5.41) is 1.31. The SMILES string of the molecule is COc1c(Cl)cc(OC)c2nc(C)c(CN)cc12. The normalized spacial score (nSPS) is 10.7. The third-order valence-electron chi connectivity index (χ3n) is 2.91. The molecule has 0 spiro atoms. The number of rotatable bonds is 3. The van der Waals surface area contributed by atoms with Crippen molar-refractivity contribution < 1.29 is 9.47 Å². The van der Waals surface area contributed by atoms with Crippen molar-refractivity contribution in [1.82, 2.24) is 4.98 Å². The molecular weight excluding hydrogens is 252 g/mol. The van der Waals surface area contributed by atoms with Crippen LogP contribution in [0.5, 0.6) is 11.5 Å². The molecule has 18 heavy (non-hydrogen) atoms. The predicted molar refractivity (Wildman–Crippen MR) is 72.5 cm³/mol. The van der Waals surface area contributed by atoms with Gasteiger partial charge in [0.1, 0.15) is 17.0 Å². The summed E-state index contributed by atoms with van der Waals surface area (Å²) in [6.45, 7) is 2.34. The Hall–Kier alpha value is -1.52. The summed E-state index contributed by atoms with van der Waals surface area (Å²) in [6.07, 6.45) is 0. The van der Waals surface area contributed by atoms with Gasteiger partial charge in [-0.1, -0.05) is 11.6 Å². The summed E-state index contributed by atoms with van der Waals surface area (Å²) < 4.78 is 10.6. The molecule has 1 aromatic carbocycles. The topological polar surface area (TPSA) is 57.4 Å². The highest BCUT2D eigenvalue weighted by atomic mass is 35.5. The average molecular weight is 267 g/mol. The zero-order valence-corrected chi connectivity index (χ0v) is 11.3. The second-order valence-electron chi connectivity index (χ2n) is 3.93. The number of nitrogens with two attached hydrogens (primary N) is 1. The van der Waals surface area contributed by atoms with Crippen LogP contribution < -0.4 is 15.2 Å². The summed E-state index contributed by atoms with van der Waals surface area (Å²) in [5.41, 5.74) is 8.27. The van der Waals surface area contributed by atoms with E-state index in [0.717, 1.165) is 22.2 Å². The van der Waals surface area contributed by atoms with E-state index < -0.39 is 0 Å². The van der Waals surface area contributed by atoms with Gasteiger partial charge in [0, 0.05) is 23.7 Å². The molecular formula is C13H15ClN2O2. The Kier molecular flexibility index (Phi) is 3.59. The minimum Gasteiger partial charge on any atom is -0.494 e. The molecule has 1 heterocycles. The lowest BCUT2D eigenvalue weighted by Gasteiger charge is -2.13. The lowest BCUT2D eigenvalue weighted by atomic mass is 10.1. The van der Waals surface area contributed by atoms with Crippen molar-refractivity contribution in [2.75, 3.05) is 14.2 Å². The first-order valence-electron chi connectivity index (χ1n) is 5.53. The maximum atomic E-state index is 6.16. The van der Waals surface area contributed by atoms with Crippen LogP contribution in [0.15, 0.2) is 12.1 Å². The standard InChI is InChI=1S/C13H15ClN2O2/c1-7-8(6-15)4-9-12(16-7)11(17-2)5-10(14)13(9)18-3/h4-5H,6,15H2,1-3H3. The Balaban J connectivity index is 2.89. The van der Waals surface area contributed by atoms with Gasteiger partial charge in [0.05, 0.1) is 19.2 Å². The Morgan fingerprint density at radius 1 is 1.28 bits per heavy atom. The number of methoxy groups -OCH3 is 2. The second kappa shape index (κ2) is 5.00. The van der Waals surface area contributed by atoms with Crippen molar-refractivity contribution in [2.24, 2.45) is 5.73 Å². The number of benzene rings is 1. The van der Waals surface area contributed by atoms with E-state index in [4.69, 9.17) is 26.8 Å². The quantitative estimate of drug-likeness (QED) is 0.928. The second-order valence-corrected chi connectivity index (χ2v) is 4.33. The van der Waals surface area contributed by atoms with Crippen LogP contribution in [0.3, 0.4) is 0 Å². The molecule has 2 rings (SSSR count). The predicted octanol–water partition coefficient (Wildman–Crippen LogP) is 2.67. The molecule has 0 saturated carbocycles. The molecule has 1 aromatic heterocycles. The van der Waals surface area contributed by atoms with E-state index in [-0.39, 0.29) is 0 Å². The lowest BCUT2D eigenvalue weighted by molar-refractivity contribution is 0.410. The third kappa shape index (κ3) is 1.98. The Bertz CT molecular complexity index is 599. The summed E-state index contributed by atoms with van der Waals surface area (Å²) in [4.78, 5) is 4.52. The van der Waals surface area contributed by atoms with Crippen molar-refractivity contribution in [1.29, 1.82) is 0 Å². The van der Waals surface area contributed by atoms with Gasteiger partial charge in [0.25, 0.3) is 0 Å². The first-order valence-corrected chi connectivity index (χ1v) is 5.91. The van der Waals surface area contributed by atoms with Crippen LogP contribution in [0.25, 0.3) is 10.9 Å². The van der Waals surface area contributed by atoms with Crippen LogP contribution in [0.2, 0.25) is 5.02 Å². The van der Waals surface area contributed by atoms with Gasteiger partial charge in [-0.2, -0.15) is 0 Å². The molecule has 0 atom stereocenters. The molecule has 96 valence electrons. The van der Waals surface area contributed by atoms with Gasteiger partial charge >= 0.3 is 0 Å². The molecule has 0 fully saturated rings. The molecule has 0 aliphatic carbocycles. The van der Waals surface area contributed by atoms with Gasteiger partial charge in [-0.3, -0.25) is 0 Å². The van der Waals surface area contributed by atoms with Gasteiger partial charge < -0.3 is 15.2 Å². The van der Waals surface area contributed by atoms with E-state index in [1.807, 2.05) is 13.0 Å². The monoisotopic (exact) mass is 266 g/mol. The number of fused-ring (bicyclic) bond motifs is 1. The van der Waals surface area contributed by atoms with E-state index in [9.17, 15) is 0 Å². The van der Waals surface area contributed by atoms with E-state index >= 15 is 0 Å². The minimum absolute atomic E-state index is 0.423. The van der Waals surface area contributed by atoms with E-state index in [0.29, 0.717) is 23.1 Å². The number of aryl methyl sites for hydroxylation is 1. The number of nitrogens with zero attached hydrogens (tertiary/aromatic N) is 1. The van der Waals surface area contributed by atoms with Gasteiger partial charge in [0.2, 0.25) is 0 Å². The summed E-state index contributed by atoms with van der Waals surface area (Å²) >= 11 is 6.16. The maximum absolute atomic E-state index is 6.16. The highest BCUT2D eigenvalue weighted by molar-refractivity contribution is 6.33. The fraction of sp³-hybridized carbons (Fsp3) is 0.308. The van der Waals surface area contributed by atoms with E-state index in [1.165, 1.54) is 0 Å². The highest BCUT2D eigenvalue weighted by Gasteiger charge is 2.15. The Labute approximate surface area is 111 Å². The lowest BCUT2D eigenvalue weighted by Crippen LogP contribution is -2.02. The summed E-state index contributed by atoms with van der Waals surface area (Å²) in [5.74, 6) is 1.22. The van der Waals surface area contributed by atoms with Crippen LogP contribution in [0.1, 0.15) is 11.3 Å². The highest BCUT2D eigenvalue weighted by Crippen LogP contribution is 2.39. The molecule has 0 aliphatic heterocycles. The van der Waals surface area contributed by atoms with Crippen LogP contribution in [-0.2, 0) is 6.54 Å². The largest absolute Gasteiger partial charge is 0.494 e. The fourth-order valence-electron chi connectivity index (χ4n) is 1.96. The number of hydrogen-bond donors (Lipinski definition) is 1. The molecule has 0 radical (unpaired) electrons. The van der Waals surface area contributed by atoms with Gasteiger partial charge in [-0.25, -0.2) is 4.98 Å². The van der Waals surface area contributed by atoms with Crippen LogP contribution in [-0.4, -0.2) is 19.2 Å². The summed E-state index contributed by atoms with van der Waals surface area (Å²) in [7, 11) is 3.17. The van der Waals surface area contributed by atoms with E-state index in [1.54, 1.807) is 20.3 Å². The molecule has 0 amide bonds. The van der Waals surface area contributed by atoms with Crippen molar-refractivity contribution in [2.45, 2.75) is 13.5 Å². The van der Waals surface area contributed by atoms with Crippen LogP contribution >= 0.6 is 11.6 Å². The molecule has 0 saturated heterocycles. The van der Waals surface area contributed by atoms with Gasteiger partial charge in [0.15, 0.2) is 0 Å². The smallest absolute Gasteiger partial charge is 0.147 e. The first-order chi connectivity index (χ1) is 8.62. The van der Waals surface area contributed by atoms with Crippen LogP contribution in [0, 0.1) is 6.92 Å². The first kappa shape index (κ1) is 12.9. The molecule has 2 N–H and O–H groups in total. The van der Waals surface area contributed by atoms with Crippen molar-refractivity contribution in [3.63, 3.8) is 0 Å². The minimum atomic E-state index is 0.423. The van der Waals surface area contributed by atoms with E-state index in [2.05, 4.69) is 4.98 Å². The molecule has 4 nitrogen and oxygen atoms in total. The number of aromatic nitrogens is 1. The van der Waals surface area contributed by atoms with Crippen LogP contribution in [0.4, 0.5) is 0 Å². The number of hydrogen-bond acceptors (Lipinski definition) is 4. The number of halogens is 1. The molecule has 5 heteroatoms. The average Bonchev–Trinajstić information content (AvgIpc) is 2.37. The number of pyridine rings is 1. The van der Waals surface area contributed by atoms with Gasteiger partial charge in [-0.05, 0) is 18.6 Å². The molecule has 2 aromatic rings. The Morgan fingerprint density at radius 3 is 2.56 bits per heavy atom. The van der Waals surface area contributed by atoms with Crippen molar-refractivity contribution in [3.05, 3.63) is 28.4 Å². The van der Waals surface area contributed by atoms with Gasteiger partial charge in [-0.15, -0.1) is 0 Å². The zero-order valence-electron chi connectivity index (χ0n) is 10.6. The van der Waals surface area contributed by atoms with Crippen molar-refractivity contribution in [3.8, 4) is 11.5 Å². The molecule has 0 aliphatic rings. The molecule has 0 bridgehead atoms. The zero-order chi connectivity index (χ0) is 13.3.